The Labute approximate surface area is 185 Å². The minimum Gasteiger partial charge on any atom is -0.465 e. The SMILES string of the molecule is COC(=O)c1c(NC(=O)c2ccc(C)cc2)sc(C(=O)Nc2ccc(C)cc2C)c1C. The number of aryl methyl sites for hydroxylation is 3. The molecule has 6 nitrogen and oxygen atoms in total. The van der Waals surface area contributed by atoms with E-state index in [1.807, 2.05) is 51.1 Å². The van der Waals surface area contributed by atoms with E-state index in [9.17, 15) is 14.4 Å². The smallest absolute Gasteiger partial charge is 0.341 e. The van der Waals surface area contributed by atoms with Gasteiger partial charge in [-0.2, -0.15) is 0 Å². The van der Waals surface area contributed by atoms with E-state index in [0.29, 0.717) is 21.7 Å². The lowest BCUT2D eigenvalue weighted by atomic mass is 10.1. The molecule has 3 rings (SSSR count). The van der Waals surface area contributed by atoms with E-state index < -0.39 is 5.97 Å². The first-order valence-electron chi connectivity index (χ1n) is 9.69. The van der Waals surface area contributed by atoms with Crippen molar-refractivity contribution in [1.82, 2.24) is 0 Å². The number of amides is 2. The molecule has 2 N–H and O–H groups in total. The summed E-state index contributed by atoms with van der Waals surface area (Å²) in [4.78, 5) is 38.4. The normalized spacial score (nSPS) is 10.5. The number of carbonyl (C=O) groups is 3. The van der Waals surface area contributed by atoms with Crippen molar-refractivity contribution in [2.45, 2.75) is 27.7 Å². The van der Waals surface area contributed by atoms with Crippen LogP contribution in [0.1, 0.15) is 52.6 Å². The molecule has 2 amide bonds. The fourth-order valence-corrected chi connectivity index (χ4v) is 4.26. The second-order valence-electron chi connectivity index (χ2n) is 7.34. The summed E-state index contributed by atoms with van der Waals surface area (Å²) in [6.45, 7) is 7.49. The van der Waals surface area contributed by atoms with Gasteiger partial charge in [-0.3, -0.25) is 9.59 Å². The van der Waals surface area contributed by atoms with Crippen molar-refractivity contribution in [2.75, 3.05) is 17.7 Å². The Morgan fingerprint density at radius 3 is 2.10 bits per heavy atom. The maximum Gasteiger partial charge on any atom is 0.341 e. The van der Waals surface area contributed by atoms with Gasteiger partial charge in [0.25, 0.3) is 11.8 Å². The summed E-state index contributed by atoms with van der Waals surface area (Å²) in [7, 11) is 1.26. The lowest BCUT2D eigenvalue weighted by Gasteiger charge is -2.08. The van der Waals surface area contributed by atoms with Crippen molar-refractivity contribution >= 4 is 39.8 Å². The Hall–Kier alpha value is -3.45. The van der Waals surface area contributed by atoms with Crippen molar-refractivity contribution in [2.24, 2.45) is 0 Å². The fourth-order valence-electron chi connectivity index (χ4n) is 3.18. The molecule has 3 aromatic rings. The third-order valence-electron chi connectivity index (χ3n) is 4.91. The third-order valence-corrected chi connectivity index (χ3v) is 6.12. The molecule has 0 aliphatic carbocycles. The molecule has 160 valence electrons. The average molecular weight is 437 g/mol. The zero-order chi connectivity index (χ0) is 22.7. The lowest BCUT2D eigenvalue weighted by Crippen LogP contribution is -2.14. The average Bonchev–Trinajstić information content (AvgIpc) is 3.05. The van der Waals surface area contributed by atoms with Crippen LogP contribution in [0.3, 0.4) is 0 Å². The van der Waals surface area contributed by atoms with Gasteiger partial charge in [-0.15, -0.1) is 11.3 Å². The number of hydrogen-bond acceptors (Lipinski definition) is 5. The number of thiophene rings is 1. The second kappa shape index (κ2) is 9.14. The zero-order valence-corrected chi connectivity index (χ0v) is 18.9. The molecule has 7 heteroatoms. The molecule has 0 bridgehead atoms. The molecule has 0 aliphatic heterocycles. The highest BCUT2D eigenvalue weighted by Gasteiger charge is 2.26. The summed E-state index contributed by atoms with van der Waals surface area (Å²) >= 11 is 1.05. The standard InChI is InChI=1S/C24H24N2O4S/c1-13-6-9-17(10-7-13)21(27)26-23-19(24(29)30-5)16(4)20(31-23)22(28)25-18-11-8-14(2)12-15(18)3/h6-12H,1-5H3,(H,25,28)(H,26,27). The Morgan fingerprint density at radius 1 is 0.839 bits per heavy atom. The summed E-state index contributed by atoms with van der Waals surface area (Å²) in [5.41, 5.74) is 4.84. The van der Waals surface area contributed by atoms with E-state index in [1.54, 1.807) is 19.1 Å². The van der Waals surface area contributed by atoms with Crippen molar-refractivity contribution in [3.05, 3.63) is 80.7 Å². The van der Waals surface area contributed by atoms with Gasteiger partial charge >= 0.3 is 5.97 Å². The third kappa shape index (κ3) is 4.83. The summed E-state index contributed by atoms with van der Waals surface area (Å²) < 4.78 is 4.89. The van der Waals surface area contributed by atoms with E-state index in [2.05, 4.69) is 10.6 Å². The van der Waals surface area contributed by atoms with Gasteiger partial charge in [0.2, 0.25) is 0 Å². The van der Waals surface area contributed by atoms with Gasteiger partial charge < -0.3 is 15.4 Å². The predicted octanol–water partition coefficient (Wildman–Crippen LogP) is 5.27. The predicted molar refractivity (Wildman–Crippen MR) is 123 cm³/mol. The Kier molecular flexibility index (Phi) is 6.56. The molecule has 2 aromatic carbocycles. The van der Waals surface area contributed by atoms with Crippen LogP contribution in [0.25, 0.3) is 0 Å². The number of nitrogens with one attached hydrogen (secondary N) is 2. The van der Waals surface area contributed by atoms with Crippen LogP contribution in [0.4, 0.5) is 10.7 Å². The van der Waals surface area contributed by atoms with Crippen LogP contribution >= 0.6 is 11.3 Å². The minimum atomic E-state index is -0.612. The maximum absolute atomic E-state index is 13.0. The number of hydrogen-bond donors (Lipinski definition) is 2. The molecule has 0 unspecified atom stereocenters. The molecule has 1 aromatic heterocycles. The largest absolute Gasteiger partial charge is 0.465 e. The first kappa shape index (κ1) is 22.2. The van der Waals surface area contributed by atoms with Gasteiger partial charge in [-0.1, -0.05) is 35.4 Å². The van der Waals surface area contributed by atoms with Gasteiger partial charge in [0.1, 0.15) is 5.00 Å². The lowest BCUT2D eigenvalue weighted by molar-refractivity contribution is 0.0601. The van der Waals surface area contributed by atoms with Crippen molar-refractivity contribution in [3.8, 4) is 0 Å². The number of carbonyl (C=O) groups excluding carboxylic acids is 3. The number of benzene rings is 2. The number of anilines is 2. The molecule has 0 spiro atoms. The fraction of sp³-hybridized carbons (Fsp3) is 0.208. The summed E-state index contributed by atoms with van der Waals surface area (Å²) in [5, 5.41) is 5.93. The maximum atomic E-state index is 13.0. The number of ether oxygens (including phenoxy) is 1. The second-order valence-corrected chi connectivity index (χ2v) is 8.37. The highest BCUT2D eigenvalue weighted by Crippen LogP contribution is 2.35. The highest BCUT2D eigenvalue weighted by atomic mass is 32.1. The van der Waals surface area contributed by atoms with Crippen LogP contribution in [-0.4, -0.2) is 24.9 Å². The molecule has 0 aliphatic rings. The molecule has 0 radical (unpaired) electrons. The molecule has 0 saturated heterocycles. The van der Waals surface area contributed by atoms with Crippen LogP contribution < -0.4 is 10.6 Å². The van der Waals surface area contributed by atoms with Crippen LogP contribution in [-0.2, 0) is 4.74 Å². The number of esters is 1. The Morgan fingerprint density at radius 2 is 1.48 bits per heavy atom. The van der Waals surface area contributed by atoms with Crippen LogP contribution in [0.2, 0.25) is 0 Å². The molecule has 0 fully saturated rings. The van der Waals surface area contributed by atoms with Gasteiger partial charge in [0.05, 0.1) is 17.6 Å². The molecule has 1 heterocycles. The molecule has 0 saturated carbocycles. The van der Waals surface area contributed by atoms with Crippen molar-refractivity contribution in [1.29, 1.82) is 0 Å². The van der Waals surface area contributed by atoms with Crippen LogP contribution in [0.15, 0.2) is 42.5 Å². The number of methoxy groups -OCH3 is 1. The Bertz CT molecular complexity index is 1160. The summed E-state index contributed by atoms with van der Waals surface area (Å²) in [6, 6.07) is 12.8. The van der Waals surface area contributed by atoms with E-state index in [1.165, 1.54) is 7.11 Å². The van der Waals surface area contributed by atoms with Gasteiger partial charge in [0, 0.05) is 11.3 Å². The van der Waals surface area contributed by atoms with Gasteiger partial charge in [-0.05, 0) is 57.0 Å². The van der Waals surface area contributed by atoms with Crippen molar-refractivity contribution in [3.63, 3.8) is 0 Å². The summed E-state index contributed by atoms with van der Waals surface area (Å²) in [5.74, 6) is -1.33. The first-order valence-corrected chi connectivity index (χ1v) is 10.5. The van der Waals surface area contributed by atoms with Gasteiger partial charge in [0.15, 0.2) is 0 Å². The monoisotopic (exact) mass is 436 g/mol. The van der Waals surface area contributed by atoms with Gasteiger partial charge in [-0.25, -0.2) is 4.79 Å². The van der Waals surface area contributed by atoms with E-state index >= 15 is 0 Å². The zero-order valence-electron chi connectivity index (χ0n) is 18.1. The number of rotatable bonds is 5. The topological polar surface area (TPSA) is 84.5 Å². The van der Waals surface area contributed by atoms with Crippen molar-refractivity contribution < 1.29 is 19.1 Å². The first-order chi connectivity index (χ1) is 14.7. The summed E-state index contributed by atoms with van der Waals surface area (Å²) in [6.07, 6.45) is 0. The molecule has 31 heavy (non-hydrogen) atoms. The highest BCUT2D eigenvalue weighted by molar-refractivity contribution is 7.19. The Balaban J connectivity index is 1.94. The van der Waals surface area contributed by atoms with Crippen LogP contribution in [0, 0.1) is 27.7 Å². The molecule has 0 atom stereocenters. The van der Waals surface area contributed by atoms with E-state index in [0.717, 1.165) is 28.0 Å². The van der Waals surface area contributed by atoms with E-state index in [-0.39, 0.29) is 22.4 Å². The molecular formula is C24H24N2O4S. The van der Waals surface area contributed by atoms with E-state index in [4.69, 9.17) is 4.74 Å². The van der Waals surface area contributed by atoms with Crippen LogP contribution in [0.5, 0.6) is 0 Å². The quantitative estimate of drug-likeness (QED) is 0.534. The minimum absolute atomic E-state index is 0.179. The molecular weight excluding hydrogens is 412 g/mol.